The highest BCUT2D eigenvalue weighted by atomic mass is 35.5. The van der Waals surface area contributed by atoms with Gasteiger partial charge in [-0.3, -0.25) is 9.59 Å². The zero-order chi connectivity index (χ0) is 18.8. The van der Waals surface area contributed by atoms with E-state index >= 15 is 0 Å². The lowest BCUT2D eigenvalue weighted by molar-refractivity contribution is -0.130. The Labute approximate surface area is 157 Å². The Bertz CT molecular complexity index is 1040. The molecule has 3 aromatic rings. The quantitative estimate of drug-likeness (QED) is 0.744. The average molecular weight is 369 g/mol. The Hall–Kier alpha value is -2.59. The molecule has 1 aromatic heterocycles. The van der Waals surface area contributed by atoms with Gasteiger partial charge in [-0.1, -0.05) is 29.8 Å². The predicted octanol–water partition coefficient (Wildman–Crippen LogP) is 4.35. The number of hydrogen-bond donors (Lipinski definition) is 1. The van der Waals surface area contributed by atoms with Gasteiger partial charge in [0, 0.05) is 29.6 Å². The molecular formula is C21H21ClN2O2. The van der Waals surface area contributed by atoms with Crippen LogP contribution in [0.1, 0.15) is 29.2 Å². The number of aromatic nitrogens is 1. The van der Waals surface area contributed by atoms with Gasteiger partial charge in [0.2, 0.25) is 5.91 Å². The molecule has 0 saturated carbocycles. The highest BCUT2D eigenvalue weighted by Crippen LogP contribution is 2.20. The van der Waals surface area contributed by atoms with Gasteiger partial charge in [0.15, 0.2) is 0 Å². The SMILES string of the molecule is CC(=O)N(Cc1ccccc1Cl)Cc1cc2cc(C)c(C)cc2[nH]c1=O. The molecule has 4 nitrogen and oxygen atoms in total. The molecule has 0 aliphatic carbocycles. The molecule has 1 amide bonds. The van der Waals surface area contributed by atoms with Crippen LogP contribution in [-0.2, 0) is 17.9 Å². The molecule has 0 unspecified atom stereocenters. The van der Waals surface area contributed by atoms with Gasteiger partial charge in [0.1, 0.15) is 0 Å². The molecule has 2 aromatic carbocycles. The molecule has 1 N–H and O–H groups in total. The average Bonchev–Trinajstić information content (AvgIpc) is 2.58. The lowest BCUT2D eigenvalue weighted by atomic mass is 10.0. The number of fused-ring (bicyclic) bond motifs is 1. The molecule has 0 fully saturated rings. The predicted molar refractivity (Wildman–Crippen MR) is 105 cm³/mol. The van der Waals surface area contributed by atoms with Crippen molar-refractivity contribution in [2.75, 3.05) is 0 Å². The van der Waals surface area contributed by atoms with E-state index < -0.39 is 0 Å². The Morgan fingerprint density at radius 3 is 2.38 bits per heavy atom. The summed E-state index contributed by atoms with van der Waals surface area (Å²) in [6.45, 7) is 6.15. The van der Waals surface area contributed by atoms with Gasteiger partial charge in [-0.2, -0.15) is 0 Å². The van der Waals surface area contributed by atoms with E-state index in [4.69, 9.17) is 11.6 Å². The van der Waals surface area contributed by atoms with E-state index in [2.05, 4.69) is 11.1 Å². The maximum Gasteiger partial charge on any atom is 0.253 e. The minimum atomic E-state index is -0.175. The van der Waals surface area contributed by atoms with Crippen molar-refractivity contribution in [1.82, 2.24) is 9.88 Å². The van der Waals surface area contributed by atoms with Gasteiger partial charge < -0.3 is 9.88 Å². The van der Waals surface area contributed by atoms with Gasteiger partial charge in [-0.25, -0.2) is 0 Å². The van der Waals surface area contributed by atoms with Crippen LogP contribution in [0.5, 0.6) is 0 Å². The molecule has 0 aliphatic rings. The molecule has 0 spiro atoms. The largest absolute Gasteiger partial charge is 0.334 e. The molecule has 0 atom stereocenters. The zero-order valence-corrected chi connectivity index (χ0v) is 15.9. The van der Waals surface area contributed by atoms with E-state index in [0.29, 0.717) is 17.1 Å². The number of nitrogens with one attached hydrogen (secondary N) is 1. The van der Waals surface area contributed by atoms with E-state index in [1.165, 1.54) is 6.92 Å². The van der Waals surface area contributed by atoms with Crippen molar-refractivity contribution in [3.63, 3.8) is 0 Å². The van der Waals surface area contributed by atoms with E-state index in [1.807, 2.05) is 44.2 Å². The standard InChI is InChI=1S/C21H21ClN2O2/c1-13-8-17-10-18(21(26)23-20(17)9-14(13)2)12-24(15(3)25)11-16-6-4-5-7-19(16)22/h4-10H,11-12H2,1-3H3,(H,23,26). The number of carbonyl (C=O) groups excluding carboxylic acids is 1. The smallest absolute Gasteiger partial charge is 0.253 e. The molecule has 26 heavy (non-hydrogen) atoms. The summed E-state index contributed by atoms with van der Waals surface area (Å²) < 4.78 is 0. The normalized spacial score (nSPS) is 10.9. The lowest BCUT2D eigenvalue weighted by Crippen LogP contribution is -2.30. The van der Waals surface area contributed by atoms with Gasteiger partial charge in [-0.15, -0.1) is 0 Å². The summed E-state index contributed by atoms with van der Waals surface area (Å²) in [6, 6.07) is 13.3. The number of nitrogens with zero attached hydrogens (tertiary/aromatic N) is 1. The van der Waals surface area contributed by atoms with Crippen LogP contribution in [0, 0.1) is 13.8 Å². The van der Waals surface area contributed by atoms with Crippen molar-refractivity contribution in [1.29, 1.82) is 0 Å². The molecule has 0 bridgehead atoms. The second kappa shape index (κ2) is 7.34. The van der Waals surface area contributed by atoms with E-state index in [0.717, 1.165) is 27.6 Å². The molecule has 0 aliphatic heterocycles. The number of halogens is 1. The number of amides is 1. The Morgan fingerprint density at radius 2 is 1.69 bits per heavy atom. The van der Waals surface area contributed by atoms with Crippen LogP contribution in [0.2, 0.25) is 5.02 Å². The Morgan fingerprint density at radius 1 is 1.04 bits per heavy atom. The van der Waals surface area contributed by atoms with Crippen molar-refractivity contribution >= 4 is 28.4 Å². The van der Waals surface area contributed by atoms with Gasteiger partial charge in [0.05, 0.1) is 6.54 Å². The van der Waals surface area contributed by atoms with Crippen LogP contribution in [-0.4, -0.2) is 15.8 Å². The topological polar surface area (TPSA) is 53.2 Å². The first kappa shape index (κ1) is 18.2. The molecule has 3 rings (SSSR count). The van der Waals surface area contributed by atoms with E-state index in [9.17, 15) is 9.59 Å². The summed E-state index contributed by atoms with van der Waals surface area (Å²) in [5, 5.41) is 1.57. The summed E-state index contributed by atoms with van der Waals surface area (Å²) >= 11 is 6.21. The van der Waals surface area contributed by atoms with Gasteiger partial charge >= 0.3 is 0 Å². The summed E-state index contributed by atoms with van der Waals surface area (Å²) in [4.78, 5) is 29.1. The summed E-state index contributed by atoms with van der Waals surface area (Å²) in [7, 11) is 0. The number of rotatable bonds is 4. The van der Waals surface area contributed by atoms with Crippen LogP contribution in [0.15, 0.2) is 47.3 Å². The third-order valence-corrected chi connectivity index (χ3v) is 5.03. The van der Waals surface area contributed by atoms with Crippen molar-refractivity contribution in [3.8, 4) is 0 Å². The second-order valence-corrected chi connectivity index (χ2v) is 7.02. The van der Waals surface area contributed by atoms with Crippen molar-refractivity contribution in [2.24, 2.45) is 0 Å². The number of hydrogen-bond acceptors (Lipinski definition) is 2. The molecule has 134 valence electrons. The number of aryl methyl sites for hydroxylation is 2. The van der Waals surface area contributed by atoms with Gasteiger partial charge in [-0.05, 0) is 60.2 Å². The molecule has 0 saturated heterocycles. The number of aromatic amines is 1. The minimum absolute atomic E-state index is 0.107. The monoisotopic (exact) mass is 368 g/mol. The Balaban J connectivity index is 1.95. The fourth-order valence-electron chi connectivity index (χ4n) is 2.96. The first-order valence-electron chi connectivity index (χ1n) is 8.47. The van der Waals surface area contributed by atoms with Crippen molar-refractivity contribution in [3.05, 3.63) is 80.1 Å². The molecule has 1 heterocycles. The Kier molecular flexibility index (Phi) is 5.14. The third kappa shape index (κ3) is 3.81. The van der Waals surface area contributed by atoms with E-state index in [-0.39, 0.29) is 18.0 Å². The minimum Gasteiger partial charge on any atom is -0.334 e. The first-order chi connectivity index (χ1) is 12.3. The molecule has 0 radical (unpaired) electrons. The highest BCUT2D eigenvalue weighted by molar-refractivity contribution is 6.31. The van der Waals surface area contributed by atoms with Crippen molar-refractivity contribution < 1.29 is 4.79 Å². The summed E-state index contributed by atoms with van der Waals surface area (Å²) in [5.74, 6) is -0.107. The second-order valence-electron chi connectivity index (χ2n) is 6.61. The van der Waals surface area contributed by atoms with Gasteiger partial charge in [0.25, 0.3) is 5.56 Å². The number of carbonyl (C=O) groups is 1. The van der Waals surface area contributed by atoms with E-state index in [1.54, 1.807) is 11.0 Å². The van der Waals surface area contributed by atoms with Crippen molar-refractivity contribution in [2.45, 2.75) is 33.9 Å². The van der Waals surface area contributed by atoms with Crippen LogP contribution in [0.4, 0.5) is 0 Å². The third-order valence-electron chi connectivity index (χ3n) is 4.66. The summed E-state index contributed by atoms with van der Waals surface area (Å²) in [6.07, 6.45) is 0. The molecular weight excluding hydrogens is 348 g/mol. The van der Waals surface area contributed by atoms with Crippen LogP contribution >= 0.6 is 11.6 Å². The lowest BCUT2D eigenvalue weighted by Gasteiger charge is -2.21. The fraction of sp³-hybridized carbons (Fsp3) is 0.238. The highest BCUT2D eigenvalue weighted by Gasteiger charge is 2.15. The zero-order valence-electron chi connectivity index (χ0n) is 15.1. The van der Waals surface area contributed by atoms with Crippen LogP contribution in [0.3, 0.4) is 0 Å². The van der Waals surface area contributed by atoms with Crippen LogP contribution < -0.4 is 5.56 Å². The fourth-order valence-corrected chi connectivity index (χ4v) is 3.15. The summed E-state index contributed by atoms with van der Waals surface area (Å²) in [5.41, 5.74) is 4.34. The number of benzene rings is 2. The number of H-pyrrole nitrogens is 1. The number of pyridine rings is 1. The molecule has 5 heteroatoms. The maximum absolute atomic E-state index is 12.5. The maximum atomic E-state index is 12.5. The first-order valence-corrected chi connectivity index (χ1v) is 8.85. The van der Waals surface area contributed by atoms with Crippen LogP contribution in [0.25, 0.3) is 10.9 Å².